The second kappa shape index (κ2) is 8.86. The number of nitrogens with zero attached hydrogens (tertiary/aromatic N) is 3. The minimum atomic E-state index is -0.518. The van der Waals surface area contributed by atoms with E-state index in [9.17, 15) is 9.90 Å². The van der Waals surface area contributed by atoms with Crippen LogP contribution in [0.3, 0.4) is 0 Å². The van der Waals surface area contributed by atoms with Crippen molar-refractivity contribution in [2.24, 2.45) is 0 Å². The number of carbonyl (C=O) groups excluding carboxylic acids is 1. The molecule has 1 fully saturated rings. The average Bonchev–Trinajstić information content (AvgIpc) is 2.73. The van der Waals surface area contributed by atoms with Crippen LogP contribution in [0.2, 0.25) is 0 Å². The average molecular weight is 321 g/mol. The smallest absolute Gasteiger partial charge is 0.319 e. The highest BCUT2D eigenvalue weighted by Gasteiger charge is 2.24. The lowest BCUT2D eigenvalue weighted by atomic mass is 10.2. The predicted molar refractivity (Wildman–Crippen MR) is 89.2 cm³/mol. The third-order valence-corrected chi connectivity index (χ3v) is 3.90. The van der Waals surface area contributed by atoms with Gasteiger partial charge in [0, 0.05) is 46.8 Å². The lowest BCUT2D eigenvalue weighted by Gasteiger charge is -2.25. The molecular formula is C17H27N3O3. The number of aliphatic hydroxyl groups is 1. The number of urea groups is 1. The van der Waals surface area contributed by atoms with E-state index in [1.165, 1.54) is 0 Å². The summed E-state index contributed by atoms with van der Waals surface area (Å²) in [6.45, 7) is 4.32. The topological polar surface area (TPSA) is 56.3 Å². The van der Waals surface area contributed by atoms with Gasteiger partial charge in [0.1, 0.15) is 0 Å². The highest BCUT2D eigenvalue weighted by Crippen LogP contribution is 2.06. The van der Waals surface area contributed by atoms with E-state index < -0.39 is 6.10 Å². The highest BCUT2D eigenvalue weighted by atomic mass is 16.5. The van der Waals surface area contributed by atoms with Gasteiger partial charge in [0.15, 0.2) is 0 Å². The Morgan fingerprint density at radius 3 is 2.70 bits per heavy atom. The minimum absolute atomic E-state index is 0.0498. The Balaban J connectivity index is 1.72. The SMILES string of the molecule is CN(C)C(=O)N1CCN(CCOCc2ccccc2)C[C@@H](O)C1. The summed E-state index contributed by atoms with van der Waals surface area (Å²) in [5, 5.41) is 10.1. The van der Waals surface area contributed by atoms with E-state index in [1.54, 1.807) is 23.9 Å². The van der Waals surface area contributed by atoms with Gasteiger partial charge in [-0.05, 0) is 5.56 Å². The van der Waals surface area contributed by atoms with Crippen LogP contribution in [0, 0.1) is 0 Å². The first kappa shape index (κ1) is 17.7. The number of amides is 2. The molecule has 1 atom stereocenters. The maximum Gasteiger partial charge on any atom is 0.319 e. The Bertz CT molecular complexity index is 481. The number of ether oxygens (including phenoxy) is 1. The molecule has 0 aromatic heterocycles. The summed E-state index contributed by atoms with van der Waals surface area (Å²) < 4.78 is 5.70. The predicted octanol–water partition coefficient (Wildman–Crippen LogP) is 0.863. The lowest BCUT2D eigenvalue weighted by molar-refractivity contribution is 0.0737. The first-order chi connectivity index (χ1) is 11.1. The van der Waals surface area contributed by atoms with Crippen LogP contribution in [0.25, 0.3) is 0 Å². The summed E-state index contributed by atoms with van der Waals surface area (Å²) in [5.74, 6) is 0. The van der Waals surface area contributed by atoms with E-state index in [0.717, 1.165) is 18.7 Å². The van der Waals surface area contributed by atoms with Crippen LogP contribution in [-0.2, 0) is 11.3 Å². The molecule has 1 aliphatic rings. The second-order valence-electron chi connectivity index (χ2n) is 6.12. The fourth-order valence-electron chi connectivity index (χ4n) is 2.67. The van der Waals surface area contributed by atoms with Crippen molar-refractivity contribution in [2.75, 3.05) is 53.4 Å². The molecule has 0 bridgehead atoms. The summed E-state index contributed by atoms with van der Waals surface area (Å²) in [6.07, 6.45) is -0.518. The molecule has 1 aliphatic heterocycles. The molecule has 0 aliphatic carbocycles. The summed E-state index contributed by atoms with van der Waals surface area (Å²) in [4.78, 5) is 17.4. The Morgan fingerprint density at radius 2 is 2.00 bits per heavy atom. The molecule has 0 saturated carbocycles. The van der Waals surface area contributed by atoms with Crippen LogP contribution in [-0.4, -0.2) is 85.4 Å². The fraction of sp³-hybridized carbons (Fsp3) is 0.588. The molecule has 2 rings (SSSR count). The molecule has 6 heteroatoms. The van der Waals surface area contributed by atoms with Crippen LogP contribution in [0.4, 0.5) is 4.79 Å². The van der Waals surface area contributed by atoms with Crippen molar-refractivity contribution in [3.05, 3.63) is 35.9 Å². The third-order valence-electron chi connectivity index (χ3n) is 3.90. The van der Waals surface area contributed by atoms with Gasteiger partial charge in [-0.25, -0.2) is 4.79 Å². The summed E-state index contributed by atoms with van der Waals surface area (Å²) in [6, 6.07) is 10.0. The maximum atomic E-state index is 12.0. The van der Waals surface area contributed by atoms with Crippen molar-refractivity contribution < 1.29 is 14.6 Å². The number of carbonyl (C=O) groups is 1. The van der Waals surface area contributed by atoms with E-state index in [0.29, 0.717) is 32.8 Å². The summed E-state index contributed by atoms with van der Waals surface area (Å²) in [7, 11) is 3.46. The van der Waals surface area contributed by atoms with Gasteiger partial charge in [-0.3, -0.25) is 4.90 Å². The van der Waals surface area contributed by atoms with E-state index in [2.05, 4.69) is 4.90 Å². The van der Waals surface area contributed by atoms with Crippen molar-refractivity contribution in [1.29, 1.82) is 0 Å². The first-order valence-electron chi connectivity index (χ1n) is 8.04. The zero-order valence-corrected chi connectivity index (χ0v) is 14.0. The Morgan fingerprint density at radius 1 is 1.26 bits per heavy atom. The van der Waals surface area contributed by atoms with Crippen LogP contribution >= 0.6 is 0 Å². The molecule has 0 radical (unpaired) electrons. The van der Waals surface area contributed by atoms with E-state index >= 15 is 0 Å². The van der Waals surface area contributed by atoms with Crippen molar-refractivity contribution in [3.63, 3.8) is 0 Å². The molecule has 0 spiro atoms. The van der Waals surface area contributed by atoms with Gasteiger partial charge in [0.05, 0.1) is 19.3 Å². The minimum Gasteiger partial charge on any atom is -0.390 e. The molecule has 1 saturated heterocycles. The van der Waals surface area contributed by atoms with Gasteiger partial charge in [-0.1, -0.05) is 30.3 Å². The van der Waals surface area contributed by atoms with E-state index in [1.807, 2.05) is 30.3 Å². The Kier molecular flexibility index (Phi) is 6.83. The number of rotatable bonds is 5. The van der Waals surface area contributed by atoms with Gasteiger partial charge < -0.3 is 19.6 Å². The lowest BCUT2D eigenvalue weighted by Crippen LogP contribution is -2.43. The number of hydrogen-bond acceptors (Lipinski definition) is 4. The Hall–Kier alpha value is -1.63. The molecule has 1 aromatic carbocycles. The van der Waals surface area contributed by atoms with E-state index in [4.69, 9.17) is 4.74 Å². The van der Waals surface area contributed by atoms with Crippen LogP contribution in [0.5, 0.6) is 0 Å². The zero-order valence-electron chi connectivity index (χ0n) is 14.0. The highest BCUT2D eigenvalue weighted by molar-refractivity contribution is 5.73. The molecule has 6 nitrogen and oxygen atoms in total. The van der Waals surface area contributed by atoms with Crippen molar-refractivity contribution in [3.8, 4) is 0 Å². The quantitative estimate of drug-likeness (QED) is 0.818. The van der Waals surface area contributed by atoms with Crippen molar-refractivity contribution in [1.82, 2.24) is 14.7 Å². The standard InChI is InChI=1S/C17H27N3O3/c1-18(2)17(22)20-9-8-19(12-16(21)13-20)10-11-23-14-15-6-4-3-5-7-15/h3-7,16,21H,8-14H2,1-2H3/t16-/m1/s1. The van der Waals surface area contributed by atoms with Crippen molar-refractivity contribution >= 4 is 6.03 Å². The number of hydrogen-bond donors (Lipinski definition) is 1. The number of β-amino-alcohol motifs (C(OH)–C–C–N with tert-alkyl or cyclic N) is 1. The summed E-state index contributed by atoms with van der Waals surface area (Å²) in [5.41, 5.74) is 1.16. The normalized spacial score (nSPS) is 19.4. The first-order valence-corrected chi connectivity index (χ1v) is 8.04. The van der Waals surface area contributed by atoms with Gasteiger partial charge in [0.2, 0.25) is 0 Å². The molecule has 128 valence electrons. The zero-order chi connectivity index (χ0) is 16.7. The molecular weight excluding hydrogens is 294 g/mol. The molecule has 23 heavy (non-hydrogen) atoms. The van der Waals surface area contributed by atoms with Gasteiger partial charge in [-0.2, -0.15) is 0 Å². The number of aliphatic hydroxyl groups excluding tert-OH is 1. The molecule has 2 amide bonds. The fourth-order valence-corrected chi connectivity index (χ4v) is 2.67. The molecule has 1 N–H and O–H groups in total. The van der Waals surface area contributed by atoms with Crippen molar-refractivity contribution in [2.45, 2.75) is 12.7 Å². The second-order valence-corrected chi connectivity index (χ2v) is 6.12. The van der Waals surface area contributed by atoms with Gasteiger partial charge in [0.25, 0.3) is 0 Å². The largest absolute Gasteiger partial charge is 0.390 e. The Labute approximate surface area is 138 Å². The molecule has 0 unspecified atom stereocenters. The maximum absolute atomic E-state index is 12.0. The monoisotopic (exact) mass is 321 g/mol. The molecule has 1 heterocycles. The van der Waals surface area contributed by atoms with Crippen LogP contribution in [0.1, 0.15) is 5.56 Å². The third kappa shape index (κ3) is 5.82. The van der Waals surface area contributed by atoms with Gasteiger partial charge in [-0.15, -0.1) is 0 Å². The van der Waals surface area contributed by atoms with Crippen LogP contribution < -0.4 is 0 Å². The van der Waals surface area contributed by atoms with Gasteiger partial charge >= 0.3 is 6.03 Å². The summed E-state index contributed by atoms with van der Waals surface area (Å²) >= 11 is 0. The van der Waals surface area contributed by atoms with E-state index in [-0.39, 0.29) is 6.03 Å². The number of benzene rings is 1. The van der Waals surface area contributed by atoms with Crippen LogP contribution in [0.15, 0.2) is 30.3 Å². The molecule has 1 aromatic rings.